The van der Waals surface area contributed by atoms with E-state index in [0.717, 1.165) is 12.3 Å². The molecule has 2 aliphatic rings. The van der Waals surface area contributed by atoms with Crippen LogP contribution in [-0.4, -0.2) is 73.6 Å². The maximum Gasteiger partial charge on any atom is 0.432 e. The first-order valence-electron chi connectivity index (χ1n) is 9.46. The Kier molecular flexibility index (Phi) is 6.67. The first kappa shape index (κ1) is 24.2. The summed E-state index contributed by atoms with van der Waals surface area (Å²) in [7, 11) is -4.86. The van der Waals surface area contributed by atoms with Crippen molar-refractivity contribution in [2.75, 3.05) is 18.9 Å². The first-order valence-corrected chi connectivity index (χ1v) is 11.0. The van der Waals surface area contributed by atoms with Gasteiger partial charge in [-0.1, -0.05) is 0 Å². The molecule has 0 spiro atoms. The summed E-state index contributed by atoms with van der Waals surface area (Å²) in [5.74, 6) is -5.53. The molecule has 1 aromatic rings. The number of likely N-dealkylation sites (tertiary alicyclic amines) is 1. The van der Waals surface area contributed by atoms with Crippen molar-refractivity contribution in [1.82, 2.24) is 19.5 Å². The van der Waals surface area contributed by atoms with Crippen molar-refractivity contribution >= 4 is 25.4 Å². The summed E-state index contributed by atoms with van der Waals surface area (Å²) in [5.41, 5.74) is 4.16. The molecule has 1 unspecified atom stereocenters. The Hall–Kier alpha value is -2.45. The lowest BCUT2D eigenvalue weighted by molar-refractivity contribution is -0.140. The van der Waals surface area contributed by atoms with Gasteiger partial charge in [-0.05, 0) is 18.9 Å². The molecule has 1 aromatic heterocycles. The topological polar surface area (TPSA) is 186 Å². The molecular weight excluding hydrogens is 459 g/mol. The number of aliphatic hydroxyl groups is 1. The van der Waals surface area contributed by atoms with Gasteiger partial charge in [0.25, 0.3) is 5.91 Å². The summed E-state index contributed by atoms with van der Waals surface area (Å²) in [5, 5.41) is 11.7. The van der Waals surface area contributed by atoms with Crippen molar-refractivity contribution in [3.63, 3.8) is 0 Å². The smallest absolute Gasteiger partial charge is 0.384 e. The number of anilines is 1. The zero-order valence-corrected chi connectivity index (χ0v) is 17.7. The molecular formula is C16H22F2N5O8P. The SMILES string of the molecule is CC(=O)N1CCC[C@H]1C(=O)NP(=O)(O)OC[C@H]1O[C@@H](n2ccc(N)nc2=O)C(F)(F)[C@@H]1O. The number of carbonyl (C=O) groups is 2. The molecule has 0 aliphatic carbocycles. The molecule has 2 amide bonds. The molecule has 3 heterocycles. The number of aromatic nitrogens is 2. The number of carbonyl (C=O) groups excluding carboxylic acids is 2. The Labute approximate surface area is 179 Å². The van der Waals surface area contributed by atoms with E-state index in [1.807, 2.05) is 0 Å². The minimum atomic E-state index is -4.86. The number of aliphatic hydroxyl groups excluding tert-OH is 1. The Morgan fingerprint density at radius 3 is 2.81 bits per heavy atom. The number of halogens is 2. The fourth-order valence-corrected chi connectivity index (χ4v) is 4.39. The van der Waals surface area contributed by atoms with Gasteiger partial charge >= 0.3 is 19.4 Å². The number of ether oxygens (including phenoxy) is 1. The molecule has 5 N–H and O–H groups in total. The van der Waals surface area contributed by atoms with E-state index in [9.17, 15) is 37.7 Å². The summed E-state index contributed by atoms with van der Waals surface area (Å²) in [6, 6.07) is 0.102. The molecule has 5 atom stereocenters. The lowest BCUT2D eigenvalue weighted by Gasteiger charge is -2.24. The highest BCUT2D eigenvalue weighted by Gasteiger charge is 2.60. The Bertz CT molecular complexity index is 1010. The number of nitrogens with two attached hydrogens (primary N) is 1. The second-order valence-electron chi connectivity index (χ2n) is 7.35. The first-order chi connectivity index (χ1) is 14.8. The third kappa shape index (κ3) is 4.81. The Balaban J connectivity index is 1.65. The van der Waals surface area contributed by atoms with Crippen LogP contribution in [0.15, 0.2) is 17.1 Å². The lowest BCUT2D eigenvalue weighted by atomic mass is 10.1. The quantitative estimate of drug-likeness (QED) is 0.366. The van der Waals surface area contributed by atoms with Crippen LogP contribution in [0.25, 0.3) is 0 Å². The number of hydrogen-bond donors (Lipinski definition) is 4. The van der Waals surface area contributed by atoms with Crippen LogP contribution < -0.4 is 16.5 Å². The van der Waals surface area contributed by atoms with Gasteiger partial charge < -0.3 is 25.4 Å². The van der Waals surface area contributed by atoms with Crippen LogP contribution in [0.5, 0.6) is 0 Å². The predicted molar refractivity (Wildman–Crippen MR) is 102 cm³/mol. The summed E-state index contributed by atoms with van der Waals surface area (Å²) in [6.07, 6.45) is -4.91. The lowest BCUT2D eigenvalue weighted by Crippen LogP contribution is -2.44. The van der Waals surface area contributed by atoms with Gasteiger partial charge in [-0.25, -0.2) is 9.36 Å². The summed E-state index contributed by atoms with van der Waals surface area (Å²) in [4.78, 5) is 50.1. The minimum absolute atomic E-state index is 0.212. The minimum Gasteiger partial charge on any atom is -0.384 e. The van der Waals surface area contributed by atoms with E-state index in [0.29, 0.717) is 17.5 Å². The number of amides is 2. The second-order valence-corrected chi connectivity index (χ2v) is 8.87. The van der Waals surface area contributed by atoms with Gasteiger partial charge in [-0.3, -0.25) is 23.8 Å². The van der Waals surface area contributed by atoms with E-state index in [2.05, 4.69) is 9.51 Å². The van der Waals surface area contributed by atoms with Crippen LogP contribution in [0.2, 0.25) is 0 Å². The highest BCUT2D eigenvalue weighted by molar-refractivity contribution is 7.51. The standard InChI is InChI=1S/C16H22F2N5O8P/c1-8(24)22-5-2-3-9(22)13(26)21-32(28,29)30-7-10-12(25)16(17,18)14(31-10)23-6-4-11(19)20-15(23)27/h4,6,9-10,12,14,25H,2-3,5,7H2,1H3,(H2,19,20,27)(H2,21,26,28,29)/t9-,10+,12+,14+/m0/s1. The third-order valence-corrected chi connectivity index (χ3v) is 6.11. The van der Waals surface area contributed by atoms with E-state index in [4.69, 9.17) is 10.5 Å². The van der Waals surface area contributed by atoms with Crippen LogP contribution in [0.4, 0.5) is 14.6 Å². The van der Waals surface area contributed by atoms with Crippen molar-refractivity contribution in [2.45, 2.75) is 50.2 Å². The van der Waals surface area contributed by atoms with Crippen LogP contribution >= 0.6 is 7.75 Å². The molecule has 16 heteroatoms. The average Bonchev–Trinajstić information content (AvgIpc) is 3.25. The van der Waals surface area contributed by atoms with Crippen molar-refractivity contribution in [1.29, 1.82) is 0 Å². The molecule has 0 bridgehead atoms. The number of alkyl halides is 2. The van der Waals surface area contributed by atoms with Crippen molar-refractivity contribution in [3.05, 3.63) is 22.7 Å². The fourth-order valence-electron chi connectivity index (χ4n) is 3.55. The number of nitrogens with one attached hydrogen (secondary N) is 1. The van der Waals surface area contributed by atoms with E-state index in [1.165, 1.54) is 11.8 Å². The van der Waals surface area contributed by atoms with E-state index >= 15 is 0 Å². The second kappa shape index (κ2) is 8.83. The predicted octanol–water partition coefficient (Wildman–Crippen LogP) is -1.04. The van der Waals surface area contributed by atoms with E-state index in [-0.39, 0.29) is 18.1 Å². The molecule has 178 valence electrons. The normalized spacial score (nSPS) is 29.0. The molecule has 13 nitrogen and oxygen atoms in total. The molecule has 3 rings (SSSR count). The Morgan fingerprint density at radius 2 is 2.19 bits per heavy atom. The zero-order chi connectivity index (χ0) is 23.8. The molecule has 32 heavy (non-hydrogen) atoms. The van der Waals surface area contributed by atoms with Crippen LogP contribution in [0.1, 0.15) is 26.0 Å². The van der Waals surface area contributed by atoms with Crippen LogP contribution in [0, 0.1) is 0 Å². The van der Waals surface area contributed by atoms with Crippen molar-refractivity contribution in [3.8, 4) is 0 Å². The van der Waals surface area contributed by atoms with Gasteiger partial charge in [0.1, 0.15) is 18.0 Å². The molecule has 0 aromatic carbocycles. The highest BCUT2D eigenvalue weighted by Crippen LogP contribution is 2.44. The number of rotatable bonds is 6. The average molecular weight is 481 g/mol. The number of nitrogen functional groups attached to an aromatic ring is 1. The number of nitrogens with zero attached hydrogens (tertiary/aromatic N) is 3. The molecule has 0 saturated carbocycles. The summed E-state index contributed by atoms with van der Waals surface area (Å²) in [6.45, 7) is 0.541. The van der Waals surface area contributed by atoms with Gasteiger partial charge in [0.05, 0.1) is 6.61 Å². The number of hydrogen-bond acceptors (Lipinski definition) is 9. The molecule has 2 saturated heterocycles. The largest absolute Gasteiger partial charge is 0.432 e. The Morgan fingerprint density at radius 1 is 1.50 bits per heavy atom. The summed E-state index contributed by atoms with van der Waals surface area (Å²) >= 11 is 0. The zero-order valence-electron chi connectivity index (χ0n) is 16.8. The van der Waals surface area contributed by atoms with Crippen LogP contribution in [-0.2, 0) is 23.4 Å². The highest BCUT2D eigenvalue weighted by atomic mass is 31.2. The summed E-state index contributed by atoms with van der Waals surface area (Å²) < 4.78 is 51.3. The third-order valence-electron chi connectivity index (χ3n) is 5.11. The van der Waals surface area contributed by atoms with Gasteiger partial charge in [0.2, 0.25) is 12.1 Å². The molecule has 0 radical (unpaired) electrons. The molecule has 2 fully saturated rings. The maximum atomic E-state index is 14.5. The van der Waals surface area contributed by atoms with Gasteiger partial charge in [0, 0.05) is 19.7 Å². The molecule has 2 aliphatic heterocycles. The van der Waals surface area contributed by atoms with E-state index in [1.54, 1.807) is 5.09 Å². The fraction of sp³-hybridized carbons (Fsp3) is 0.625. The van der Waals surface area contributed by atoms with Gasteiger partial charge in [0.15, 0.2) is 6.10 Å². The monoisotopic (exact) mass is 481 g/mol. The van der Waals surface area contributed by atoms with E-state index < -0.39 is 56.4 Å². The maximum absolute atomic E-state index is 14.5. The van der Waals surface area contributed by atoms with Crippen LogP contribution in [0.3, 0.4) is 0 Å². The van der Waals surface area contributed by atoms with Crippen molar-refractivity contribution in [2.24, 2.45) is 0 Å². The van der Waals surface area contributed by atoms with Gasteiger partial charge in [-0.15, -0.1) is 0 Å². The van der Waals surface area contributed by atoms with Gasteiger partial charge in [-0.2, -0.15) is 13.8 Å². The van der Waals surface area contributed by atoms with Crippen molar-refractivity contribution < 1.29 is 42.2 Å².